The molecule has 2 nitrogen and oxygen atoms in total. The fourth-order valence-corrected chi connectivity index (χ4v) is 2.76. The highest BCUT2D eigenvalue weighted by Crippen LogP contribution is 2.39. The molecule has 2 aliphatic rings. The van der Waals surface area contributed by atoms with E-state index in [1.165, 1.54) is 52.0 Å². The zero-order valence-electron chi connectivity index (χ0n) is 11.1. The Balaban J connectivity index is 0.000000337. The molecule has 2 fully saturated rings. The maximum atomic E-state index is 2.57. The molecule has 2 aliphatic heterocycles. The quantitative estimate of drug-likeness (QED) is 0.659. The van der Waals surface area contributed by atoms with Crippen molar-refractivity contribution in [2.45, 2.75) is 40.0 Å². The fourth-order valence-electron chi connectivity index (χ4n) is 2.76. The van der Waals surface area contributed by atoms with E-state index in [1.54, 1.807) is 0 Å². The molecule has 0 N–H and O–H groups in total. The van der Waals surface area contributed by atoms with Crippen LogP contribution in [0.15, 0.2) is 0 Å². The average Bonchev–Trinajstić information content (AvgIpc) is 2.18. The van der Waals surface area contributed by atoms with Crippen molar-refractivity contribution in [1.82, 2.24) is 9.80 Å². The molecule has 0 atom stereocenters. The monoisotopic (exact) mass is 212 g/mol. The first kappa shape index (κ1) is 13.0. The summed E-state index contributed by atoms with van der Waals surface area (Å²) < 4.78 is 0. The molecule has 0 aliphatic carbocycles. The van der Waals surface area contributed by atoms with Gasteiger partial charge in [-0.25, -0.2) is 0 Å². The Morgan fingerprint density at radius 1 is 1.00 bits per heavy atom. The Morgan fingerprint density at radius 2 is 1.47 bits per heavy atom. The van der Waals surface area contributed by atoms with Gasteiger partial charge in [-0.3, -0.25) is 0 Å². The van der Waals surface area contributed by atoms with Gasteiger partial charge < -0.3 is 9.80 Å². The maximum absolute atomic E-state index is 2.57. The van der Waals surface area contributed by atoms with Crippen molar-refractivity contribution < 1.29 is 0 Å². The van der Waals surface area contributed by atoms with Gasteiger partial charge in [0.05, 0.1) is 0 Å². The van der Waals surface area contributed by atoms with Crippen LogP contribution < -0.4 is 0 Å². The van der Waals surface area contributed by atoms with Gasteiger partial charge in [-0.1, -0.05) is 27.2 Å². The smallest absolute Gasteiger partial charge is 0.00484 e. The average molecular weight is 212 g/mol. The van der Waals surface area contributed by atoms with E-state index in [0.717, 1.165) is 5.41 Å². The molecule has 0 aromatic heterocycles. The second-order valence-corrected chi connectivity index (χ2v) is 5.31. The summed E-state index contributed by atoms with van der Waals surface area (Å²) >= 11 is 0. The molecule has 0 aromatic carbocycles. The minimum Gasteiger partial charge on any atom is -0.305 e. The van der Waals surface area contributed by atoms with Crippen molar-refractivity contribution in [3.05, 3.63) is 0 Å². The van der Waals surface area contributed by atoms with Crippen LogP contribution in [0, 0.1) is 5.41 Å². The highest BCUT2D eigenvalue weighted by molar-refractivity contribution is 4.96. The van der Waals surface area contributed by atoms with Crippen molar-refractivity contribution in [3.63, 3.8) is 0 Å². The van der Waals surface area contributed by atoms with E-state index >= 15 is 0 Å². The van der Waals surface area contributed by atoms with Crippen molar-refractivity contribution >= 4 is 0 Å². The predicted octanol–water partition coefficient (Wildman–Crippen LogP) is 2.45. The normalized spacial score (nSPS) is 25.6. The number of hydrogen-bond donors (Lipinski definition) is 0. The van der Waals surface area contributed by atoms with Crippen LogP contribution in [0.1, 0.15) is 40.0 Å². The van der Waals surface area contributed by atoms with Crippen LogP contribution in [0.2, 0.25) is 0 Å². The van der Waals surface area contributed by atoms with E-state index in [4.69, 9.17) is 0 Å². The first-order valence-electron chi connectivity index (χ1n) is 6.56. The molecule has 0 aromatic rings. The van der Waals surface area contributed by atoms with Gasteiger partial charge in [-0.05, 0) is 44.9 Å². The summed E-state index contributed by atoms with van der Waals surface area (Å²) in [6, 6.07) is 0. The summed E-state index contributed by atoms with van der Waals surface area (Å²) in [5.41, 5.74) is 0.737. The van der Waals surface area contributed by atoms with Crippen LogP contribution in [0.4, 0.5) is 0 Å². The van der Waals surface area contributed by atoms with E-state index in [1.807, 2.05) is 0 Å². The van der Waals surface area contributed by atoms with E-state index < -0.39 is 0 Å². The zero-order chi connectivity index (χ0) is 11.3. The van der Waals surface area contributed by atoms with Gasteiger partial charge in [-0.2, -0.15) is 0 Å². The van der Waals surface area contributed by atoms with Crippen molar-refractivity contribution in [3.8, 4) is 0 Å². The molecular formula is C13H28N2. The zero-order valence-corrected chi connectivity index (χ0v) is 11.1. The van der Waals surface area contributed by atoms with Gasteiger partial charge in [0, 0.05) is 13.1 Å². The molecule has 0 radical (unpaired) electrons. The largest absolute Gasteiger partial charge is 0.305 e. The Labute approximate surface area is 95.6 Å². The van der Waals surface area contributed by atoms with Crippen molar-refractivity contribution in [2.24, 2.45) is 5.41 Å². The van der Waals surface area contributed by atoms with Gasteiger partial charge in [-0.15, -0.1) is 0 Å². The first-order chi connectivity index (χ1) is 7.15. The third-order valence-electron chi connectivity index (χ3n) is 3.57. The molecule has 2 heterocycles. The van der Waals surface area contributed by atoms with Gasteiger partial charge in [0.25, 0.3) is 0 Å². The van der Waals surface area contributed by atoms with E-state index in [9.17, 15) is 0 Å². The van der Waals surface area contributed by atoms with Crippen LogP contribution >= 0.6 is 0 Å². The molecule has 90 valence electrons. The molecule has 2 rings (SSSR count). The lowest BCUT2D eigenvalue weighted by Crippen LogP contribution is -2.58. The van der Waals surface area contributed by atoms with Gasteiger partial charge in [0.15, 0.2) is 0 Å². The Morgan fingerprint density at radius 3 is 1.80 bits per heavy atom. The lowest BCUT2D eigenvalue weighted by Gasteiger charge is -2.52. The molecule has 2 heteroatoms. The second-order valence-electron chi connectivity index (χ2n) is 5.31. The van der Waals surface area contributed by atoms with Crippen LogP contribution in [0.3, 0.4) is 0 Å². The van der Waals surface area contributed by atoms with E-state index in [2.05, 4.69) is 37.6 Å². The molecular weight excluding hydrogens is 184 g/mol. The minimum atomic E-state index is 0.737. The Kier molecular flexibility index (Phi) is 5.07. The summed E-state index contributed by atoms with van der Waals surface area (Å²) in [6.07, 6.45) is 4.12. The molecule has 0 bridgehead atoms. The number of likely N-dealkylation sites (tertiary alicyclic amines) is 2. The lowest BCUT2D eigenvalue weighted by molar-refractivity contribution is -0.0302. The Hall–Kier alpha value is -0.0800. The van der Waals surface area contributed by atoms with Crippen LogP contribution in [-0.2, 0) is 0 Å². The molecule has 0 saturated carbocycles. The predicted molar refractivity (Wildman–Crippen MR) is 67.2 cm³/mol. The summed E-state index contributed by atoms with van der Waals surface area (Å²) in [4.78, 5) is 5.02. The molecule has 15 heavy (non-hydrogen) atoms. The standard InChI is InChI=1S/C10H20N2.C3H8/c1-3-12-6-4-10(5-7-12)8-11(2)9-10;1-3-2/h3-9H2,1-2H3;3H2,1-2H3. The topological polar surface area (TPSA) is 6.48 Å². The lowest BCUT2D eigenvalue weighted by atomic mass is 9.72. The second kappa shape index (κ2) is 5.86. The summed E-state index contributed by atoms with van der Waals surface area (Å²) in [6.45, 7) is 13.1. The highest BCUT2D eigenvalue weighted by Gasteiger charge is 2.42. The number of rotatable bonds is 1. The first-order valence-corrected chi connectivity index (χ1v) is 6.56. The Bertz CT molecular complexity index is 163. The van der Waals surface area contributed by atoms with Crippen LogP contribution in [-0.4, -0.2) is 49.6 Å². The number of hydrogen-bond acceptors (Lipinski definition) is 2. The van der Waals surface area contributed by atoms with Gasteiger partial charge >= 0.3 is 0 Å². The summed E-state index contributed by atoms with van der Waals surface area (Å²) in [5, 5.41) is 0. The minimum absolute atomic E-state index is 0.737. The summed E-state index contributed by atoms with van der Waals surface area (Å²) in [5.74, 6) is 0. The van der Waals surface area contributed by atoms with Crippen LogP contribution in [0.5, 0.6) is 0 Å². The van der Waals surface area contributed by atoms with E-state index in [0.29, 0.717) is 0 Å². The highest BCUT2D eigenvalue weighted by atomic mass is 15.2. The SMILES string of the molecule is CCC.CCN1CCC2(CC1)CN(C)C2. The number of piperidine rings is 1. The fraction of sp³-hybridized carbons (Fsp3) is 1.00. The maximum Gasteiger partial charge on any atom is 0.00484 e. The molecule has 1 spiro atoms. The van der Waals surface area contributed by atoms with E-state index in [-0.39, 0.29) is 0 Å². The summed E-state index contributed by atoms with van der Waals surface area (Å²) in [7, 11) is 2.23. The van der Waals surface area contributed by atoms with Crippen molar-refractivity contribution in [2.75, 3.05) is 39.8 Å². The van der Waals surface area contributed by atoms with Crippen molar-refractivity contribution in [1.29, 1.82) is 0 Å². The number of nitrogens with zero attached hydrogens (tertiary/aromatic N) is 2. The van der Waals surface area contributed by atoms with Gasteiger partial charge in [0.2, 0.25) is 0 Å². The third kappa shape index (κ3) is 3.46. The molecule has 0 amide bonds. The van der Waals surface area contributed by atoms with Gasteiger partial charge in [0.1, 0.15) is 0 Å². The molecule has 2 saturated heterocycles. The molecule has 0 unspecified atom stereocenters. The third-order valence-corrected chi connectivity index (χ3v) is 3.57. The van der Waals surface area contributed by atoms with Crippen LogP contribution in [0.25, 0.3) is 0 Å².